The molecule has 9 nitrogen and oxygen atoms in total. The molecule has 2 N–H and O–H groups in total. The van der Waals surface area contributed by atoms with Crippen LogP contribution in [0.5, 0.6) is 0 Å². The lowest BCUT2D eigenvalue weighted by atomic mass is 10.1. The number of guanidine groups is 1. The molecule has 1 atom stereocenters. The Balaban J connectivity index is 0.00000261. The molecule has 2 aromatic rings. The molecular weight excluding hydrogens is 457 g/mol. The molecule has 27 heavy (non-hydrogen) atoms. The minimum atomic E-state index is 0. The first kappa shape index (κ1) is 21.6. The minimum Gasteiger partial charge on any atom is -0.355 e. The van der Waals surface area contributed by atoms with Crippen LogP contribution in [0, 0.1) is 0 Å². The highest BCUT2D eigenvalue weighted by Gasteiger charge is 2.23. The zero-order valence-corrected chi connectivity index (χ0v) is 18.8. The van der Waals surface area contributed by atoms with Gasteiger partial charge in [-0.1, -0.05) is 20.8 Å². The second-order valence-electron chi connectivity index (χ2n) is 6.90. The summed E-state index contributed by atoms with van der Waals surface area (Å²) in [6.07, 6.45) is 4.63. The molecule has 1 aliphatic heterocycles. The predicted molar refractivity (Wildman–Crippen MR) is 116 cm³/mol. The highest BCUT2D eigenvalue weighted by molar-refractivity contribution is 14.0. The molecule has 0 saturated heterocycles. The SMILES string of the molecule is CCc1nncn1CCNC(=NC)NC1CCc2nc(C(C)C)nn2C1.I. The van der Waals surface area contributed by atoms with E-state index in [0.29, 0.717) is 12.0 Å². The second-order valence-corrected chi connectivity index (χ2v) is 6.90. The number of hydrogen-bond acceptors (Lipinski definition) is 5. The summed E-state index contributed by atoms with van der Waals surface area (Å²) in [5.41, 5.74) is 0. The fourth-order valence-corrected chi connectivity index (χ4v) is 3.11. The Kier molecular flexibility index (Phi) is 7.99. The van der Waals surface area contributed by atoms with Gasteiger partial charge in [-0.2, -0.15) is 5.10 Å². The molecule has 0 amide bonds. The van der Waals surface area contributed by atoms with Crippen LogP contribution in [0.25, 0.3) is 0 Å². The Morgan fingerprint density at radius 1 is 1.41 bits per heavy atom. The molecule has 0 bridgehead atoms. The molecule has 0 aromatic carbocycles. The van der Waals surface area contributed by atoms with Crippen molar-refractivity contribution in [2.75, 3.05) is 13.6 Å². The van der Waals surface area contributed by atoms with Gasteiger partial charge >= 0.3 is 0 Å². The molecule has 0 aliphatic carbocycles. The maximum absolute atomic E-state index is 4.64. The quantitative estimate of drug-likeness (QED) is 0.363. The standard InChI is InChI=1S/C17H29N9.HI/c1-5-14-23-20-11-25(14)9-8-19-17(18-4)21-13-6-7-15-22-16(12(2)3)24-26(15)10-13;/h11-13H,5-10H2,1-4H3,(H2,18,19,21);1H. The van der Waals surface area contributed by atoms with Gasteiger partial charge in [-0.25, -0.2) is 9.67 Å². The summed E-state index contributed by atoms with van der Waals surface area (Å²) in [6, 6.07) is 0.302. The summed E-state index contributed by atoms with van der Waals surface area (Å²) in [7, 11) is 1.80. The molecule has 150 valence electrons. The molecule has 0 fully saturated rings. The van der Waals surface area contributed by atoms with Gasteiger partial charge in [-0.05, 0) is 6.42 Å². The normalized spacial score (nSPS) is 16.8. The first-order chi connectivity index (χ1) is 12.6. The third kappa shape index (κ3) is 5.39. The van der Waals surface area contributed by atoms with Gasteiger partial charge in [0.2, 0.25) is 0 Å². The Labute approximate surface area is 177 Å². The van der Waals surface area contributed by atoms with Crippen LogP contribution in [-0.4, -0.2) is 55.1 Å². The molecule has 10 heteroatoms. The van der Waals surface area contributed by atoms with Crippen molar-refractivity contribution in [3.8, 4) is 0 Å². The number of fused-ring (bicyclic) bond motifs is 1. The molecule has 0 radical (unpaired) electrons. The molecule has 0 saturated carbocycles. The van der Waals surface area contributed by atoms with E-state index in [4.69, 9.17) is 0 Å². The average Bonchev–Trinajstić information content (AvgIpc) is 3.26. The third-order valence-electron chi connectivity index (χ3n) is 4.61. The van der Waals surface area contributed by atoms with Crippen LogP contribution in [0.1, 0.15) is 50.6 Å². The van der Waals surface area contributed by atoms with Crippen molar-refractivity contribution in [1.29, 1.82) is 0 Å². The predicted octanol–water partition coefficient (Wildman–Crippen LogP) is 1.35. The minimum absolute atomic E-state index is 0. The van der Waals surface area contributed by atoms with E-state index in [0.717, 1.165) is 62.3 Å². The highest BCUT2D eigenvalue weighted by Crippen LogP contribution is 2.16. The number of nitrogens with zero attached hydrogens (tertiary/aromatic N) is 7. The van der Waals surface area contributed by atoms with Crippen molar-refractivity contribution in [2.45, 2.75) is 65.1 Å². The van der Waals surface area contributed by atoms with E-state index < -0.39 is 0 Å². The maximum Gasteiger partial charge on any atom is 0.191 e. The summed E-state index contributed by atoms with van der Waals surface area (Å²) in [5.74, 6) is 4.20. The molecule has 0 spiro atoms. The lowest BCUT2D eigenvalue weighted by Gasteiger charge is -2.25. The van der Waals surface area contributed by atoms with Crippen LogP contribution in [0.3, 0.4) is 0 Å². The van der Waals surface area contributed by atoms with Gasteiger partial charge in [0, 0.05) is 44.9 Å². The highest BCUT2D eigenvalue weighted by atomic mass is 127. The van der Waals surface area contributed by atoms with E-state index in [1.807, 2.05) is 4.68 Å². The van der Waals surface area contributed by atoms with E-state index in [9.17, 15) is 0 Å². The zero-order valence-electron chi connectivity index (χ0n) is 16.5. The van der Waals surface area contributed by atoms with Crippen LogP contribution in [0.2, 0.25) is 0 Å². The average molecular weight is 487 g/mol. The van der Waals surface area contributed by atoms with Crippen molar-refractivity contribution in [1.82, 2.24) is 40.2 Å². The van der Waals surface area contributed by atoms with Crippen LogP contribution < -0.4 is 10.6 Å². The van der Waals surface area contributed by atoms with Crippen molar-refractivity contribution in [2.24, 2.45) is 4.99 Å². The monoisotopic (exact) mass is 487 g/mol. The summed E-state index contributed by atoms with van der Waals surface area (Å²) < 4.78 is 4.10. The number of aromatic nitrogens is 6. The van der Waals surface area contributed by atoms with E-state index >= 15 is 0 Å². The lowest BCUT2D eigenvalue weighted by Crippen LogP contribution is -2.47. The Morgan fingerprint density at radius 3 is 2.93 bits per heavy atom. The van der Waals surface area contributed by atoms with Crippen molar-refractivity contribution < 1.29 is 0 Å². The number of aliphatic imine (C=N–C) groups is 1. The molecular formula is C17H30IN9. The van der Waals surface area contributed by atoms with Gasteiger partial charge in [0.25, 0.3) is 0 Å². The third-order valence-corrected chi connectivity index (χ3v) is 4.61. The number of rotatable bonds is 6. The summed E-state index contributed by atoms with van der Waals surface area (Å²) in [6.45, 7) is 8.74. The fourth-order valence-electron chi connectivity index (χ4n) is 3.11. The van der Waals surface area contributed by atoms with Gasteiger partial charge in [0.05, 0.1) is 6.54 Å². The molecule has 1 aliphatic rings. The van der Waals surface area contributed by atoms with E-state index in [1.54, 1.807) is 13.4 Å². The largest absolute Gasteiger partial charge is 0.355 e. The summed E-state index contributed by atoms with van der Waals surface area (Å²) in [4.78, 5) is 8.98. The first-order valence-corrected chi connectivity index (χ1v) is 9.38. The van der Waals surface area contributed by atoms with Gasteiger partial charge in [0.1, 0.15) is 18.0 Å². The second kappa shape index (κ2) is 10.00. The first-order valence-electron chi connectivity index (χ1n) is 9.38. The molecule has 1 unspecified atom stereocenters. The van der Waals surface area contributed by atoms with Crippen LogP contribution >= 0.6 is 24.0 Å². The van der Waals surface area contributed by atoms with Crippen LogP contribution in [0.4, 0.5) is 0 Å². The Bertz CT molecular complexity index is 749. The number of halogens is 1. The smallest absolute Gasteiger partial charge is 0.191 e. The fraction of sp³-hybridized carbons (Fsp3) is 0.706. The van der Waals surface area contributed by atoms with Gasteiger partial charge in [-0.15, -0.1) is 34.2 Å². The molecule has 2 aromatic heterocycles. The van der Waals surface area contributed by atoms with E-state index in [2.05, 4.69) is 61.2 Å². The maximum atomic E-state index is 4.64. The summed E-state index contributed by atoms with van der Waals surface area (Å²) in [5, 5.41) is 19.6. The van der Waals surface area contributed by atoms with Gasteiger partial charge < -0.3 is 15.2 Å². The zero-order chi connectivity index (χ0) is 18.5. The molecule has 3 rings (SSSR count). The van der Waals surface area contributed by atoms with E-state index in [1.165, 1.54) is 0 Å². The van der Waals surface area contributed by atoms with E-state index in [-0.39, 0.29) is 24.0 Å². The van der Waals surface area contributed by atoms with Gasteiger partial charge in [0.15, 0.2) is 11.8 Å². The van der Waals surface area contributed by atoms with Crippen molar-refractivity contribution in [3.05, 3.63) is 23.8 Å². The lowest BCUT2D eigenvalue weighted by molar-refractivity contribution is 0.391. The Hall–Kier alpha value is -1.72. The van der Waals surface area contributed by atoms with Crippen molar-refractivity contribution in [3.63, 3.8) is 0 Å². The summed E-state index contributed by atoms with van der Waals surface area (Å²) >= 11 is 0. The number of hydrogen-bond donors (Lipinski definition) is 2. The molecule has 3 heterocycles. The number of nitrogens with one attached hydrogen (secondary N) is 2. The Morgan fingerprint density at radius 2 is 2.22 bits per heavy atom. The number of aryl methyl sites for hydroxylation is 2. The van der Waals surface area contributed by atoms with Crippen molar-refractivity contribution >= 4 is 29.9 Å². The van der Waals surface area contributed by atoms with Crippen LogP contribution in [-0.2, 0) is 25.9 Å². The van der Waals surface area contributed by atoms with Crippen LogP contribution in [0.15, 0.2) is 11.3 Å². The topological polar surface area (TPSA) is 97.8 Å². The van der Waals surface area contributed by atoms with Gasteiger partial charge in [-0.3, -0.25) is 4.99 Å².